The van der Waals surface area contributed by atoms with Gasteiger partial charge in [0.2, 0.25) is 0 Å². The summed E-state index contributed by atoms with van der Waals surface area (Å²) in [4.78, 5) is 12.5. The number of nitrogens with zero attached hydrogens (tertiary/aromatic N) is 3. The van der Waals surface area contributed by atoms with E-state index in [9.17, 15) is 35.5 Å². The quantitative estimate of drug-likeness (QED) is 0.205. The van der Waals surface area contributed by atoms with Crippen molar-refractivity contribution in [2.24, 2.45) is 0 Å². The van der Waals surface area contributed by atoms with Crippen LogP contribution in [0.15, 0.2) is 78.0 Å². The van der Waals surface area contributed by atoms with Crippen LogP contribution in [0.2, 0.25) is 0 Å². The van der Waals surface area contributed by atoms with Gasteiger partial charge < -0.3 is 5.32 Å². The van der Waals surface area contributed by atoms with E-state index in [0.717, 1.165) is 48.2 Å². The van der Waals surface area contributed by atoms with Crippen molar-refractivity contribution < 1.29 is 35.5 Å². The van der Waals surface area contributed by atoms with E-state index in [1.807, 2.05) is 0 Å². The number of benzene rings is 3. The topological polar surface area (TPSA) is 59.8 Å². The SMILES string of the molecule is O=C(NCc1nnc(SCc2cccc(C(F)(F)F)c2)n1-c1cccc(C(F)(F)F)c1)c1cccc(F)c1. The maximum Gasteiger partial charge on any atom is 0.416 e. The molecule has 3 aromatic carbocycles. The van der Waals surface area contributed by atoms with Gasteiger partial charge in [-0.3, -0.25) is 9.36 Å². The van der Waals surface area contributed by atoms with Crippen molar-refractivity contribution in [1.82, 2.24) is 20.1 Å². The second kappa shape index (κ2) is 10.9. The fourth-order valence-electron chi connectivity index (χ4n) is 3.47. The van der Waals surface area contributed by atoms with Crippen molar-refractivity contribution >= 4 is 17.7 Å². The first-order chi connectivity index (χ1) is 17.9. The van der Waals surface area contributed by atoms with Crippen molar-refractivity contribution in [1.29, 1.82) is 0 Å². The summed E-state index contributed by atoms with van der Waals surface area (Å²) in [6.07, 6.45) is -9.17. The minimum absolute atomic E-state index is 0.0106. The van der Waals surface area contributed by atoms with E-state index in [2.05, 4.69) is 15.5 Å². The number of thioether (sulfide) groups is 1. The van der Waals surface area contributed by atoms with E-state index in [-0.39, 0.29) is 34.5 Å². The highest BCUT2D eigenvalue weighted by atomic mass is 32.2. The molecule has 0 aliphatic rings. The number of nitrogens with one attached hydrogen (secondary N) is 1. The summed E-state index contributed by atoms with van der Waals surface area (Å²) in [5.41, 5.74) is -1.41. The number of amides is 1. The number of alkyl halides is 6. The van der Waals surface area contributed by atoms with E-state index in [1.54, 1.807) is 0 Å². The molecule has 0 fully saturated rings. The number of hydrogen-bond acceptors (Lipinski definition) is 4. The van der Waals surface area contributed by atoms with Crippen LogP contribution in [-0.4, -0.2) is 20.7 Å². The Hall–Kier alpha value is -3.87. The van der Waals surface area contributed by atoms with Gasteiger partial charge in [-0.15, -0.1) is 10.2 Å². The fourth-order valence-corrected chi connectivity index (χ4v) is 4.38. The molecule has 0 bridgehead atoms. The molecule has 0 unspecified atom stereocenters. The maximum absolute atomic E-state index is 13.5. The van der Waals surface area contributed by atoms with Crippen molar-refractivity contribution in [3.63, 3.8) is 0 Å². The lowest BCUT2D eigenvalue weighted by Crippen LogP contribution is -2.24. The van der Waals surface area contributed by atoms with Crippen LogP contribution in [0.5, 0.6) is 0 Å². The predicted molar refractivity (Wildman–Crippen MR) is 125 cm³/mol. The highest BCUT2D eigenvalue weighted by Crippen LogP contribution is 2.33. The Balaban J connectivity index is 1.64. The summed E-state index contributed by atoms with van der Waals surface area (Å²) in [5.74, 6) is -1.21. The molecular formula is C25H17F7N4OS. The third kappa shape index (κ3) is 6.52. The maximum atomic E-state index is 13.5. The summed E-state index contributed by atoms with van der Waals surface area (Å²) in [6, 6.07) is 13.9. The van der Waals surface area contributed by atoms with E-state index in [4.69, 9.17) is 0 Å². The lowest BCUT2D eigenvalue weighted by molar-refractivity contribution is -0.138. The molecule has 1 heterocycles. The van der Waals surface area contributed by atoms with Gasteiger partial charge in [-0.1, -0.05) is 42.1 Å². The van der Waals surface area contributed by atoms with Gasteiger partial charge in [-0.05, 0) is 48.0 Å². The Morgan fingerprint density at radius 1 is 0.842 bits per heavy atom. The molecule has 0 saturated heterocycles. The molecular weight excluding hydrogens is 537 g/mol. The molecule has 1 aromatic heterocycles. The Morgan fingerprint density at radius 3 is 2.18 bits per heavy atom. The number of carbonyl (C=O) groups is 1. The van der Waals surface area contributed by atoms with E-state index >= 15 is 0 Å². The van der Waals surface area contributed by atoms with Gasteiger partial charge in [0.05, 0.1) is 23.4 Å². The number of rotatable bonds is 7. The minimum atomic E-state index is -4.64. The van der Waals surface area contributed by atoms with Gasteiger partial charge in [0, 0.05) is 11.3 Å². The summed E-state index contributed by atoms with van der Waals surface area (Å²) >= 11 is 0.960. The fraction of sp³-hybridized carbons (Fsp3) is 0.160. The number of carbonyl (C=O) groups excluding carboxylic acids is 1. The van der Waals surface area contributed by atoms with Gasteiger partial charge in [0.15, 0.2) is 11.0 Å². The van der Waals surface area contributed by atoms with E-state index in [0.29, 0.717) is 5.56 Å². The van der Waals surface area contributed by atoms with Crippen LogP contribution >= 0.6 is 11.8 Å². The van der Waals surface area contributed by atoms with Crippen molar-refractivity contribution in [2.45, 2.75) is 29.8 Å². The standard InChI is InChI=1S/C25H17F7N4OS/c26-19-8-2-5-16(11-19)22(37)33-13-21-34-35-23(36(21)20-9-3-7-18(12-20)25(30,31)32)38-14-15-4-1-6-17(10-15)24(27,28)29/h1-12H,13-14H2,(H,33,37). The third-order valence-electron chi connectivity index (χ3n) is 5.25. The zero-order valence-electron chi connectivity index (χ0n) is 19.1. The van der Waals surface area contributed by atoms with Gasteiger partial charge in [-0.25, -0.2) is 4.39 Å². The number of halogens is 7. The van der Waals surface area contributed by atoms with Crippen LogP contribution in [-0.2, 0) is 24.7 Å². The normalized spacial score (nSPS) is 12.0. The molecule has 1 N–H and O–H groups in total. The minimum Gasteiger partial charge on any atom is -0.345 e. The molecule has 13 heteroatoms. The summed E-state index contributed by atoms with van der Waals surface area (Å²) in [5, 5.41) is 10.6. The van der Waals surface area contributed by atoms with Crippen molar-refractivity contribution in [2.75, 3.05) is 0 Å². The Kier molecular flexibility index (Phi) is 7.76. The molecule has 0 spiro atoms. The largest absolute Gasteiger partial charge is 0.416 e. The molecule has 1 amide bonds. The zero-order valence-corrected chi connectivity index (χ0v) is 20.0. The lowest BCUT2D eigenvalue weighted by atomic mass is 10.1. The van der Waals surface area contributed by atoms with Crippen LogP contribution in [0.4, 0.5) is 30.7 Å². The van der Waals surface area contributed by atoms with Crippen LogP contribution in [0.3, 0.4) is 0 Å². The molecule has 4 rings (SSSR count). The number of aromatic nitrogens is 3. The van der Waals surface area contributed by atoms with Crippen LogP contribution in [0.1, 0.15) is 32.9 Å². The molecule has 0 saturated carbocycles. The van der Waals surface area contributed by atoms with E-state index < -0.39 is 35.2 Å². The Morgan fingerprint density at radius 2 is 1.50 bits per heavy atom. The van der Waals surface area contributed by atoms with Gasteiger partial charge in [0.25, 0.3) is 5.91 Å². The monoisotopic (exact) mass is 554 g/mol. The van der Waals surface area contributed by atoms with Crippen LogP contribution < -0.4 is 5.32 Å². The predicted octanol–water partition coefficient (Wildman–Crippen LogP) is 6.67. The van der Waals surface area contributed by atoms with Gasteiger partial charge in [0.1, 0.15) is 5.82 Å². The molecule has 4 aromatic rings. The average Bonchev–Trinajstić information content (AvgIpc) is 3.28. The highest BCUT2D eigenvalue weighted by Gasteiger charge is 2.32. The van der Waals surface area contributed by atoms with Gasteiger partial charge >= 0.3 is 12.4 Å². The number of hydrogen-bond donors (Lipinski definition) is 1. The van der Waals surface area contributed by atoms with E-state index in [1.165, 1.54) is 41.0 Å². The summed E-state index contributed by atoms with van der Waals surface area (Å²) in [6.45, 7) is -0.275. The lowest BCUT2D eigenvalue weighted by Gasteiger charge is -2.14. The molecule has 0 aliphatic heterocycles. The average molecular weight is 554 g/mol. The second-order valence-electron chi connectivity index (χ2n) is 7.96. The van der Waals surface area contributed by atoms with Crippen molar-refractivity contribution in [3.8, 4) is 5.69 Å². The highest BCUT2D eigenvalue weighted by molar-refractivity contribution is 7.98. The molecule has 0 atom stereocenters. The molecule has 5 nitrogen and oxygen atoms in total. The second-order valence-corrected chi connectivity index (χ2v) is 8.90. The molecule has 0 aliphatic carbocycles. The first-order valence-corrected chi connectivity index (χ1v) is 11.8. The molecule has 0 radical (unpaired) electrons. The smallest absolute Gasteiger partial charge is 0.345 e. The summed E-state index contributed by atoms with van der Waals surface area (Å²) < 4.78 is 94.0. The molecule has 198 valence electrons. The Bertz CT molecular complexity index is 1450. The van der Waals surface area contributed by atoms with Crippen LogP contribution in [0.25, 0.3) is 5.69 Å². The first kappa shape index (κ1) is 27.2. The Labute approximate surface area is 215 Å². The van der Waals surface area contributed by atoms with Gasteiger partial charge in [-0.2, -0.15) is 26.3 Å². The zero-order chi connectivity index (χ0) is 27.5. The summed E-state index contributed by atoms with van der Waals surface area (Å²) in [7, 11) is 0. The van der Waals surface area contributed by atoms with Crippen LogP contribution in [0, 0.1) is 5.82 Å². The third-order valence-corrected chi connectivity index (χ3v) is 6.25. The van der Waals surface area contributed by atoms with Crippen molar-refractivity contribution in [3.05, 3.63) is 107 Å². The molecule has 38 heavy (non-hydrogen) atoms. The first-order valence-electron chi connectivity index (χ1n) is 10.9.